The standard InChI is InChI=1S/C24H26N6O/c1-4-29-13-12-20(28-29)15(2)25-24(31)19-14-21(17-10-11-17)26-23-22(19)16(3)27-30(23)18-8-6-5-7-9-18/h5-9,12-15,17H,4,10-11H2,1-3H3,(H,25,31). The van der Waals surface area contributed by atoms with Gasteiger partial charge in [0, 0.05) is 24.4 Å². The van der Waals surface area contributed by atoms with Crippen LogP contribution in [-0.4, -0.2) is 30.5 Å². The van der Waals surface area contributed by atoms with E-state index in [1.54, 1.807) is 0 Å². The van der Waals surface area contributed by atoms with Crippen LogP contribution in [0.2, 0.25) is 0 Å². The number of nitrogens with zero attached hydrogens (tertiary/aromatic N) is 5. The normalized spacial score (nSPS) is 14.7. The lowest BCUT2D eigenvalue weighted by molar-refractivity contribution is 0.0940. The van der Waals surface area contributed by atoms with Gasteiger partial charge in [0.15, 0.2) is 5.65 Å². The van der Waals surface area contributed by atoms with Crippen LogP contribution >= 0.6 is 0 Å². The summed E-state index contributed by atoms with van der Waals surface area (Å²) in [5.41, 5.74) is 4.92. The Labute approximate surface area is 181 Å². The average Bonchev–Trinajstić information content (AvgIpc) is 3.43. The van der Waals surface area contributed by atoms with Crippen LogP contribution < -0.4 is 5.32 Å². The number of aryl methyl sites for hydroxylation is 2. The summed E-state index contributed by atoms with van der Waals surface area (Å²) in [5, 5.41) is 13.2. The van der Waals surface area contributed by atoms with Crippen molar-refractivity contribution in [2.45, 2.75) is 52.1 Å². The van der Waals surface area contributed by atoms with Gasteiger partial charge in [0.25, 0.3) is 5.91 Å². The highest BCUT2D eigenvalue weighted by atomic mass is 16.1. The minimum absolute atomic E-state index is 0.122. The van der Waals surface area contributed by atoms with E-state index in [2.05, 4.69) is 10.4 Å². The molecule has 1 aliphatic rings. The number of fused-ring (bicyclic) bond motifs is 1. The second-order valence-electron chi connectivity index (χ2n) is 8.19. The smallest absolute Gasteiger partial charge is 0.252 e. The number of hydrogen-bond donors (Lipinski definition) is 1. The van der Waals surface area contributed by atoms with E-state index in [1.807, 2.05) is 78.8 Å². The van der Waals surface area contributed by atoms with Gasteiger partial charge >= 0.3 is 0 Å². The molecule has 7 nitrogen and oxygen atoms in total. The molecule has 31 heavy (non-hydrogen) atoms. The van der Waals surface area contributed by atoms with E-state index < -0.39 is 0 Å². The Morgan fingerprint density at radius 1 is 1.19 bits per heavy atom. The van der Waals surface area contributed by atoms with Gasteiger partial charge in [-0.3, -0.25) is 9.48 Å². The van der Waals surface area contributed by atoms with Crippen LogP contribution in [0.5, 0.6) is 0 Å². The molecule has 0 spiro atoms. The van der Waals surface area contributed by atoms with Gasteiger partial charge in [-0.25, -0.2) is 9.67 Å². The number of carbonyl (C=O) groups is 1. The van der Waals surface area contributed by atoms with Gasteiger partial charge in [0.05, 0.1) is 34.1 Å². The molecule has 0 aliphatic heterocycles. The first-order valence-electron chi connectivity index (χ1n) is 10.8. The van der Waals surface area contributed by atoms with Gasteiger partial charge in [-0.2, -0.15) is 10.2 Å². The Morgan fingerprint density at radius 2 is 1.97 bits per heavy atom. The molecule has 1 unspecified atom stereocenters. The minimum atomic E-state index is -0.197. The van der Waals surface area contributed by atoms with Gasteiger partial charge in [-0.1, -0.05) is 18.2 Å². The Morgan fingerprint density at radius 3 is 2.65 bits per heavy atom. The Hall–Kier alpha value is -3.48. The van der Waals surface area contributed by atoms with Crippen LogP contribution in [0, 0.1) is 6.92 Å². The number of rotatable bonds is 6. The third-order valence-corrected chi connectivity index (χ3v) is 5.85. The molecule has 7 heteroatoms. The number of para-hydroxylation sites is 1. The van der Waals surface area contributed by atoms with Crippen molar-refractivity contribution in [3.8, 4) is 5.69 Å². The van der Waals surface area contributed by atoms with E-state index in [-0.39, 0.29) is 11.9 Å². The average molecular weight is 415 g/mol. The lowest BCUT2D eigenvalue weighted by Gasteiger charge is -2.13. The van der Waals surface area contributed by atoms with E-state index in [9.17, 15) is 4.79 Å². The number of pyridine rings is 1. The molecular weight excluding hydrogens is 388 g/mol. The molecule has 1 aliphatic carbocycles. The highest BCUT2D eigenvalue weighted by Crippen LogP contribution is 2.40. The second-order valence-corrected chi connectivity index (χ2v) is 8.19. The molecule has 1 aromatic carbocycles. The zero-order valence-electron chi connectivity index (χ0n) is 18.0. The van der Waals surface area contributed by atoms with Crippen LogP contribution in [-0.2, 0) is 6.54 Å². The first-order valence-corrected chi connectivity index (χ1v) is 10.8. The molecule has 3 heterocycles. The van der Waals surface area contributed by atoms with Crippen LogP contribution in [0.15, 0.2) is 48.7 Å². The van der Waals surface area contributed by atoms with E-state index in [0.717, 1.165) is 53.2 Å². The SMILES string of the molecule is CCn1ccc(C(C)NC(=O)c2cc(C3CC3)nc3c2c(C)nn3-c2ccccc2)n1. The fourth-order valence-corrected chi connectivity index (χ4v) is 3.96. The highest BCUT2D eigenvalue weighted by Gasteiger charge is 2.29. The molecule has 0 radical (unpaired) electrons. The summed E-state index contributed by atoms with van der Waals surface area (Å²) in [6.45, 7) is 6.73. The lowest BCUT2D eigenvalue weighted by atomic mass is 10.1. The number of nitrogens with one attached hydrogen (secondary N) is 1. The zero-order chi connectivity index (χ0) is 21.5. The van der Waals surface area contributed by atoms with Crippen LogP contribution in [0.3, 0.4) is 0 Å². The fourth-order valence-electron chi connectivity index (χ4n) is 3.96. The monoisotopic (exact) mass is 414 g/mol. The number of amides is 1. The summed E-state index contributed by atoms with van der Waals surface area (Å²) >= 11 is 0. The van der Waals surface area contributed by atoms with E-state index in [0.29, 0.717) is 11.5 Å². The van der Waals surface area contributed by atoms with Gasteiger partial charge in [0.2, 0.25) is 0 Å². The Balaban J connectivity index is 1.57. The predicted molar refractivity (Wildman–Crippen MR) is 119 cm³/mol. The fraction of sp³-hybridized carbons (Fsp3) is 0.333. The molecule has 1 saturated carbocycles. The van der Waals surface area contributed by atoms with Gasteiger partial charge in [-0.15, -0.1) is 0 Å². The molecule has 0 saturated heterocycles. The molecule has 3 aromatic heterocycles. The number of benzene rings is 1. The summed E-state index contributed by atoms with van der Waals surface area (Å²) < 4.78 is 3.71. The van der Waals surface area contributed by atoms with Crippen LogP contribution in [0.25, 0.3) is 16.7 Å². The van der Waals surface area contributed by atoms with Crippen molar-refractivity contribution < 1.29 is 4.79 Å². The number of hydrogen-bond acceptors (Lipinski definition) is 4. The molecular formula is C24H26N6O. The maximum absolute atomic E-state index is 13.4. The Kier molecular flexibility index (Phi) is 4.81. The second kappa shape index (κ2) is 7.65. The molecule has 4 aromatic rings. The first kappa shape index (κ1) is 19.5. The van der Waals surface area contributed by atoms with Crippen molar-refractivity contribution in [1.29, 1.82) is 0 Å². The molecule has 1 N–H and O–H groups in total. The minimum Gasteiger partial charge on any atom is -0.344 e. The topological polar surface area (TPSA) is 77.6 Å². The van der Waals surface area contributed by atoms with Crippen molar-refractivity contribution in [3.63, 3.8) is 0 Å². The van der Waals surface area contributed by atoms with E-state index in [4.69, 9.17) is 10.1 Å². The molecule has 1 amide bonds. The maximum atomic E-state index is 13.4. The summed E-state index contributed by atoms with van der Waals surface area (Å²) in [6, 6.07) is 13.7. The third kappa shape index (κ3) is 3.60. The Bertz CT molecular complexity index is 1250. The van der Waals surface area contributed by atoms with Gasteiger partial charge < -0.3 is 5.32 Å². The quantitative estimate of drug-likeness (QED) is 0.510. The van der Waals surface area contributed by atoms with Crippen molar-refractivity contribution in [2.24, 2.45) is 0 Å². The third-order valence-electron chi connectivity index (χ3n) is 5.85. The van der Waals surface area contributed by atoms with Crippen LogP contribution in [0.1, 0.15) is 66.1 Å². The summed E-state index contributed by atoms with van der Waals surface area (Å²) in [5.74, 6) is 0.302. The highest BCUT2D eigenvalue weighted by molar-refractivity contribution is 6.07. The van der Waals surface area contributed by atoms with Crippen molar-refractivity contribution in [2.75, 3.05) is 0 Å². The summed E-state index contributed by atoms with van der Waals surface area (Å²) in [7, 11) is 0. The van der Waals surface area contributed by atoms with Crippen LogP contribution in [0.4, 0.5) is 0 Å². The summed E-state index contributed by atoms with van der Waals surface area (Å²) in [4.78, 5) is 18.3. The molecule has 0 bridgehead atoms. The zero-order valence-corrected chi connectivity index (χ0v) is 18.0. The van der Waals surface area contributed by atoms with E-state index >= 15 is 0 Å². The first-order chi connectivity index (χ1) is 15.0. The molecule has 1 fully saturated rings. The molecule has 1 atom stereocenters. The van der Waals surface area contributed by atoms with E-state index in [1.165, 1.54) is 0 Å². The van der Waals surface area contributed by atoms with Crippen molar-refractivity contribution in [3.05, 3.63) is 71.3 Å². The van der Waals surface area contributed by atoms with Crippen molar-refractivity contribution in [1.82, 2.24) is 29.9 Å². The number of carbonyl (C=O) groups excluding carboxylic acids is 1. The largest absolute Gasteiger partial charge is 0.344 e. The number of aromatic nitrogens is 5. The lowest BCUT2D eigenvalue weighted by Crippen LogP contribution is -2.27. The van der Waals surface area contributed by atoms with Gasteiger partial charge in [-0.05, 0) is 57.9 Å². The maximum Gasteiger partial charge on any atom is 0.252 e. The predicted octanol–water partition coefficient (Wildman–Crippen LogP) is 4.31. The van der Waals surface area contributed by atoms with Gasteiger partial charge in [0.1, 0.15) is 0 Å². The molecule has 158 valence electrons. The van der Waals surface area contributed by atoms with Crippen molar-refractivity contribution >= 4 is 16.9 Å². The summed E-state index contributed by atoms with van der Waals surface area (Å²) in [6.07, 6.45) is 4.16. The molecule has 5 rings (SSSR count).